The van der Waals surface area contributed by atoms with Gasteiger partial charge >= 0.3 is 6.09 Å². The summed E-state index contributed by atoms with van der Waals surface area (Å²) < 4.78 is 8.11. The van der Waals surface area contributed by atoms with Gasteiger partial charge in [0.25, 0.3) is 0 Å². The van der Waals surface area contributed by atoms with E-state index in [-0.39, 0.29) is 6.09 Å². The number of halogens is 1. The maximum Gasteiger partial charge on any atom is 0.410 e. The molecule has 152 valence electrons. The number of anilines is 1. The number of nitrogens with two attached hydrogens (primary N) is 1. The number of hydrogen-bond acceptors (Lipinski definition) is 6. The fourth-order valence-electron chi connectivity index (χ4n) is 3.43. The van der Waals surface area contributed by atoms with E-state index in [1.54, 1.807) is 4.90 Å². The lowest BCUT2D eigenvalue weighted by atomic mass is 10.1. The number of hydrogen-bond donors (Lipinski definition) is 1. The molecular weight excluding hydrogens is 436 g/mol. The number of nitrogen functional groups attached to an aromatic ring is 1. The van der Waals surface area contributed by atoms with Crippen molar-refractivity contribution in [2.45, 2.75) is 52.9 Å². The quantitative estimate of drug-likeness (QED) is 0.586. The van der Waals surface area contributed by atoms with Crippen LogP contribution in [-0.2, 0) is 24.4 Å². The van der Waals surface area contributed by atoms with E-state index in [2.05, 4.69) is 49.1 Å². The van der Waals surface area contributed by atoms with Gasteiger partial charge in [-0.05, 0) is 60.3 Å². The molecule has 2 N–H and O–H groups in total. The lowest BCUT2D eigenvalue weighted by molar-refractivity contribution is 0.0242. The highest BCUT2D eigenvalue weighted by atomic mass is 79.9. The molecule has 9 heteroatoms. The van der Waals surface area contributed by atoms with E-state index in [1.165, 1.54) is 0 Å². The van der Waals surface area contributed by atoms with Gasteiger partial charge in [-0.1, -0.05) is 18.2 Å². The monoisotopic (exact) mass is 458 g/mol. The molecule has 0 saturated carbocycles. The van der Waals surface area contributed by atoms with E-state index >= 15 is 0 Å². The van der Waals surface area contributed by atoms with Crippen LogP contribution in [0, 0.1) is 6.92 Å². The summed E-state index contributed by atoms with van der Waals surface area (Å²) in [5.74, 6) is 0.972. The van der Waals surface area contributed by atoms with Crippen LogP contribution in [0.4, 0.5) is 10.6 Å². The van der Waals surface area contributed by atoms with Gasteiger partial charge in [0, 0.05) is 13.1 Å². The summed E-state index contributed by atoms with van der Waals surface area (Å²) in [4.78, 5) is 27.2. The van der Waals surface area contributed by atoms with Crippen LogP contribution in [0.1, 0.15) is 43.3 Å². The molecule has 0 unspecified atom stereocenters. The number of aryl methyl sites for hydroxylation is 1. The molecule has 4 rings (SSSR count). The first kappa shape index (κ1) is 19.6. The number of benzene rings is 1. The molecular formula is C20H23BrN6O2. The zero-order valence-electron chi connectivity index (χ0n) is 16.9. The van der Waals surface area contributed by atoms with Crippen molar-refractivity contribution in [1.82, 2.24) is 24.4 Å². The van der Waals surface area contributed by atoms with Gasteiger partial charge in [-0.3, -0.25) is 9.47 Å². The summed E-state index contributed by atoms with van der Waals surface area (Å²) in [6.07, 6.45) is -0.291. The van der Waals surface area contributed by atoms with E-state index in [1.807, 2.05) is 32.3 Å². The lowest BCUT2D eigenvalue weighted by Crippen LogP contribution is -2.33. The number of amides is 1. The van der Waals surface area contributed by atoms with Crippen molar-refractivity contribution >= 4 is 39.0 Å². The number of carbonyl (C=O) groups excluding carboxylic acids is 1. The Hall–Kier alpha value is -2.68. The average molecular weight is 459 g/mol. The van der Waals surface area contributed by atoms with E-state index in [0.29, 0.717) is 47.2 Å². The van der Waals surface area contributed by atoms with Crippen LogP contribution in [0.25, 0.3) is 11.2 Å². The molecule has 1 aromatic carbocycles. The van der Waals surface area contributed by atoms with E-state index in [4.69, 9.17) is 10.5 Å². The fraction of sp³-hybridized carbons (Fsp3) is 0.400. The van der Waals surface area contributed by atoms with Gasteiger partial charge in [0.05, 0.1) is 6.54 Å². The minimum absolute atomic E-state index is 0.291. The second-order valence-electron chi connectivity index (χ2n) is 8.23. The molecule has 0 fully saturated rings. The Kier molecular flexibility index (Phi) is 4.72. The molecule has 0 radical (unpaired) electrons. The van der Waals surface area contributed by atoms with Gasteiger partial charge in [-0.15, -0.1) is 0 Å². The molecule has 0 saturated heterocycles. The minimum Gasteiger partial charge on any atom is -0.444 e. The maximum absolute atomic E-state index is 12.4. The summed E-state index contributed by atoms with van der Waals surface area (Å²) >= 11 is 3.50. The molecule has 3 heterocycles. The smallest absolute Gasteiger partial charge is 0.410 e. The van der Waals surface area contributed by atoms with Gasteiger partial charge in [0.2, 0.25) is 0 Å². The van der Waals surface area contributed by atoms with Crippen molar-refractivity contribution in [3.05, 3.63) is 45.4 Å². The molecule has 0 spiro atoms. The topological polar surface area (TPSA) is 99.2 Å². The highest BCUT2D eigenvalue weighted by molar-refractivity contribution is 9.10. The molecule has 3 aromatic rings. The molecule has 1 amide bonds. The third kappa shape index (κ3) is 3.91. The van der Waals surface area contributed by atoms with Crippen molar-refractivity contribution in [2.75, 3.05) is 5.73 Å². The van der Waals surface area contributed by atoms with Gasteiger partial charge in [-0.2, -0.15) is 0 Å². The highest BCUT2D eigenvalue weighted by Gasteiger charge is 2.28. The fourth-order valence-corrected chi connectivity index (χ4v) is 3.90. The Bertz CT molecular complexity index is 1120. The third-order valence-corrected chi connectivity index (χ3v) is 5.28. The first-order chi connectivity index (χ1) is 13.6. The number of aromatic nitrogens is 4. The molecule has 1 aliphatic rings. The number of carbonyl (C=O) groups is 1. The first-order valence-corrected chi connectivity index (χ1v) is 10.1. The minimum atomic E-state index is -0.506. The van der Waals surface area contributed by atoms with Crippen LogP contribution < -0.4 is 5.73 Å². The molecule has 0 aliphatic carbocycles. The van der Waals surface area contributed by atoms with Crippen LogP contribution in [0.15, 0.2) is 22.9 Å². The number of fused-ring (bicyclic) bond motifs is 2. The Balaban J connectivity index is 1.58. The predicted molar refractivity (Wildman–Crippen MR) is 113 cm³/mol. The summed E-state index contributed by atoms with van der Waals surface area (Å²) in [5, 5.41) is 0. The van der Waals surface area contributed by atoms with Crippen molar-refractivity contribution in [3.8, 4) is 0 Å². The Morgan fingerprint density at radius 3 is 2.66 bits per heavy atom. The summed E-state index contributed by atoms with van der Waals surface area (Å²) in [7, 11) is 0. The molecule has 29 heavy (non-hydrogen) atoms. The number of ether oxygens (including phenoxy) is 1. The van der Waals surface area contributed by atoms with E-state index < -0.39 is 5.60 Å². The summed E-state index contributed by atoms with van der Waals surface area (Å²) in [5.41, 5.74) is 10.1. The third-order valence-electron chi connectivity index (χ3n) is 4.67. The second kappa shape index (κ2) is 6.98. The van der Waals surface area contributed by atoms with E-state index in [9.17, 15) is 4.79 Å². The Labute approximate surface area is 177 Å². The van der Waals surface area contributed by atoms with Gasteiger partial charge in [0.15, 0.2) is 21.7 Å². The van der Waals surface area contributed by atoms with Crippen LogP contribution in [0.3, 0.4) is 0 Å². The van der Waals surface area contributed by atoms with Gasteiger partial charge in [0.1, 0.15) is 11.4 Å². The molecule has 8 nitrogen and oxygen atoms in total. The van der Waals surface area contributed by atoms with E-state index in [0.717, 1.165) is 16.7 Å². The number of imidazole rings is 1. The normalized spacial score (nSPS) is 13.8. The number of nitrogens with zero attached hydrogens (tertiary/aromatic N) is 5. The highest BCUT2D eigenvalue weighted by Crippen LogP contribution is 2.28. The molecule has 0 atom stereocenters. The second-order valence-corrected chi connectivity index (χ2v) is 8.94. The predicted octanol–water partition coefficient (Wildman–Crippen LogP) is 3.78. The van der Waals surface area contributed by atoms with Crippen LogP contribution in [0.5, 0.6) is 0 Å². The van der Waals surface area contributed by atoms with Gasteiger partial charge < -0.3 is 10.5 Å². The van der Waals surface area contributed by atoms with Crippen LogP contribution in [-0.4, -0.2) is 36.1 Å². The van der Waals surface area contributed by atoms with Crippen molar-refractivity contribution < 1.29 is 9.53 Å². The number of rotatable bonds is 2. The Morgan fingerprint density at radius 1 is 1.21 bits per heavy atom. The summed E-state index contributed by atoms with van der Waals surface area (Å²) in [6, 6.07) is 6.25. The van der Waals surface area contributed by atoms with Crippen LogP contribution >= 0.6 is 15.9 Å². The molecule has 1 aliphatic heterocycles. The van der Waals surface area contributed by atoms with Crippen molar-refractivity contribution in [3.63, 3.8) is 0 Å². The zero-order chi connectivity index (χ0) is 20.9. The largest absolute Gasteiger partial charge is 0.444 e. The maximum atomic E-state index is 12.4. The van der Waals surface area contributed by atoms with Crippen molar-refractivity contribution in [1.29, 1.82) is 0 Å². The first-order valence-electron chi connectivity index (χ1n) is 9.35. The SMILES string of the molecule is Cc1nc(N)c2nc(Br)n(Cc3ccc4c(c3)CN(C(=O)OC(C)(C)C)C4)c2n1. The molecule has 0 bridgehead atoms. The van der Waals surface area contributed by atoms with Crippen molar-refractivity contribution in [2.24, 2.45) is 0 Å². The molecule has 2 aromatic heterocycles. The zero-order valence-corrected chi connectivity index (χ0v) is 18.4. The lowest BCUT2D eigenvalue weighted by Gasteiger charge is -2.24. The van der Waals surface area contributed by atoms with Crippen LogP contribution in [0.2, 0.25) is 0 Å². The average Bonchev–Trinajstić information content (AvgIpc) is 3.16. The standard InChI is InChI=1S/C20H23BrN6O2/c1-11-23-16(22)15-17(24-11)27(18(21)25-15)8-12-5-6-13-9-26(10-14(13)7-12)19(28)29-20(2,3)4/h5-7H,8-10H2,1-4H3,(H2,22,23,24). The van der Waals surface area contributed by atoms with Gasteiger partial charge in [-0.25, -0.2) is 19.7 Å². The Morgan fingerprint density at radius 2 is 1.93 bits per heavy atom. The summed E-state index contributed by atoms with van der Waals surface area (Å²) in [6.45, 7) is 9.10.